The number of thiophene rings is 1. The van der Waals surface area contributed by atoms with Gasteiger partial charge in [0.25, 0.3) is 0 Å². The van der Waals surface area contributed by atoms with Gasteiger partial charge in [-0.2, -0.15) is 0 Å². The van der Waals surface area contributed by atoms with Crippen LogP contribution in [-0.4, -0.2) is 48.0 Å². The highest BCUT2D eigenvalue weighted by Crippen LogP contribution is 2.42. The number of carbonyl (C=O) groups excluding carboxylic acids is 2. The Balaban J connectivity index is 1.35. The number of nitrogens with zero attached hydrogens (tertiary/aromatic N) is 3. The Bertz CT molecular complexity index is 1120. The largest absolute Gasteiger partial charge is 0.379 e. The maximum atomic E-state index is 13.5. The van der Waals surface area contributed by atoms with Crippen molar-refractivity contribution in [2.45, 2.75) is 32.4 Å². The van der Waals surface area contributed by atoms with Crippen molar-refractivity contribution >= 4 is 45.3 Å². The van der Waals surface area contributed by atoms with Gasteiger partial charge in [-0.1, -0.05) is 23.8 Å². The van der Waals surface area contributed by atoms with Gasteiger partial charge in [-0.05, 0) is 36.9 Å². The molecule has 7 nitrogen and oxygen atoms in total. The number of amides is 2. The van der Waals surface area contributed by atoms with E-state index in [4.69, 9.17) is 4.74 Å². The molecule has 2 atom stereocenters. The van der Waals surface area contributed by atoms with Crippen molar-refractivity contribution in [3.63, 3.8) is 0 Å². The average molecular weight is 497 g/mol. The summed E-state index contributed by atoms with van der Waals surface area (Å²) in [4.78, 5) is 36.4. The lowest BCUT2D eigenvalue weighted by atomic mass is 9.86. The van der Waals surface area contributed by atoms with Gasteiger partial charge in [0.1, 0.15) is 0 Å². The highest BCUT2D eigenvalue weighted by Gasteiger charge is 2.42. The number of aromatic nitrogens is 1. The van der Waals surface area contributed by atoms with Crippen molar-refractivity contribution in [3.8, 4) is 0 Å². The number of anilines is 2. The molecule has 9 heteroatoms. The Hall–Kier alpha value is -2.59. The maximum Gasteiger partial charge on any atom is 0.231 e. The number of ether oxygens (including phenoxy) is 1. The SMILES string of the molecule is Cc1ccc(N2C(=O)CCC(C(=O)Nc3nc(CN4CCOCC4)cs3)C2c2cccs2)cc1. The van der Waals surface area contributed by atoms with Gasteiger partial charge in [-0.15, -0.1) is 22.7 Å². The fourth-order valence-corrected chi connectivity index (χ4v) is 6.17. The summed E-state index contributed by atoms with van der Waals surface area (Å²) in [6.45, 7) is 6.06. The van der Waals surface area contributed by atoms with Gasteiger partial charge in [0.15, 0.2) is 5.13 Å². The van der Waals surface area contributed by atoms with Crippen molar-refractivity contribution in [1.82, 2.24) is 9.88 Å². The van der Waals surface area contributed by atoms with E-state index in [1.807, 2.05) is 59.0 Å². The van der Waals surface area contributed by atoms with Crippen LogP contribution in [0.15, 0.2) is 47.2 Å². The lowest BCUT2D eigenvalue weighted by Gasteiger charge is -2.40. The molecule has 2 saturated heterocycles. The summed E-state index contributed by atoms with van der Waals surface area (Å²) in [7, 11) is 0. The van der Waals surface area contributed by atoms with Crippen molar-refractivity contribution in [3.05, 3.63) is 63.3 Å². The van der Waals surface area contributed by atoms with Crippen molar-refractivity contribution < 1.29 is 14.3 Å². The maximum absolute atomic E-state index is 13.5. The van der Waals surface area contributed by atoms with Crippen LogP contribution in [0.5, 0.6) is 0 Å². The summed E-state index contributed by atoms with van der Waals surface area (Å²) in [5, 5.41) is 7.66. The minimum Gasteiger partial charge on any atom is -0.379 e. The van der Waals surface area contributed by atoms with E-state index in [0.29, 0.717) is 18.0 Å². The van der Waals surface area contributed by atoms with Crippen molar-refractivity contribution in [1.29, 1.82) is 0 Å². The summed E-state index contributed by atoms with van der Waals surface area (Å²) in [6.07, 6.45) is 0.857. The number of hydrogen-bond acceptors (Lipinski definition) is 7. The van der Waals surface area contributed by atoms with Gasteiger partial charge >= 0.3 is 0 Å². The standard InChI is InChI=1S/C25H28N4O3S2/c1-17-4-6-19(7-5-17)29-22(30)9-8-20(23(29)21-3-2-14-33-21)24(31)27-25-26-18(16-34-25)15-28-10-12-32-13-11-28/h2-7,14,16,20,23H,8-13,15H2,1H3,(H,26,27,31). The minimum atomic E-state index is -0.357. The monoisotopic (exact) mass is 496 g/mol. The third-order valence-electron chi connectivity index (χ3n) is 6.35. The lowest BCUT2D eigenvalue weighted by molar-refractivity contribution is -0.125. The molecular weight excluding hydrogens is 468 g/mol. The van der Waals surface area contributed by atoms with Crippen LogP contribution in [0.1, 0.15) is 35.0 Å². The zero-order chi connectivity index (χ0) is 23.5. The summed E-state index contributed by atoms with van der Waals surface area (Å²) in [6, 6.07) is 11.6. The molecule has 34 heavy (non-hydrogen) atoms. The minimum absolute atomic E-state index is 0.0494. The summed E-state index contributed by atoms with van der Waals surface area (Å²) >= 11 is 3.03. The molecule has 1 aromatic carbocycles. The second-order valence-corrected chi connectivity index (χ2v) is 10.6. The van der Waals surface area contributed by atoms with Crippen LogP contribution in [0.25, 0.3) is 0 Å². The summed E-state index contributed by atoms with van der Waals surface area (Å²) < 4.78 is 5.41. The molecule has 0 bridgehead atoms. The predicted molar refractivity (Wildman–Crippen MR) is 135 cm³/mol. The molecule has 0 saturated carbocycles. The second kappa shape index (κ2) is 10.4. The Morgan fingerprint density at radius 3 is 2.71 bits per heavy atom. The van der Waals surface area contributed by atoms with E-state index in [9.17, 15) is 9.59 Å². The number of piperidine rings is 1. The molecule has 4 heterocycles. The Kier molecular flexibility index (Phi) is 7.05. The number of rotatable bonds is 6. The van der Waals surface area contributed by atoms with Gasteiger partial charge in [0.2, 0.25) is 11.8 Å². The molecule has 0 radical (unpaired) electrons. The van der Waals surface area contributed by atoms with E-state index in [2.05, 4.69) is 15.2 Å². The average Bonchev–Trinajstić information content (AvgIpc) is 3.53. The first-order valence-corrected chi connectivity index (χ1v) is 13.3. The fraction of sp³-hybridized carbons (Fsp3) is 0.400. The Morgan fingerprint density at radius 2 is 1.97 bits per heavy atom. The molecule has 178 valence electrons. The first kappa shape index (κ1) is 23.2. The first-order chi connectivity index (χ1) is 16.6. The Morgan fingerprint density at radius 1 is 1.18 bits per heavy atom. The van der Waals surface area contributed by atoms with Gasteiger partial charge in [0.05, 0.1) is 30.9 Å². The first-order valence-electron chi connectivity index (χ1n) is 11.6. The number of hydrogen-bond donors (Lipinski definition) is 1. The summed E-state index contributed by atoms with van der Waals surface area (Å²) in [5.74, 6) is -0.395. The third kappa shape index (κ3) is 5.07. The molecule has 5 rings (SSSR count). The van der Waals surface area contributed by atoms with Crippen molar-refractivity contribution in [2.75, 3.05) is 36.5 Å². The molecule has 2 aromatic heterocycles. The number of carbonyl (C=O) groups is 2. The fourth-order valence-electron chi connectivity index (χ4n) is 4.59. The van der Waals surface area contributed by atoms with Gasteiger partial charge in [-0.3, -0.25) is 14.5 Å². The Labute approximate surface area is 207 Å². The molecule has 2 aliphatic rings. The molecule has 3 aromatic rings. The van der Waals surface area contributed by atoms with E-state index in [0.717, 1.165) is 54.7 Å². The zero-order valence-electron chi connectivity index (χ0n) is 19.1. The highest BCUT2D eigenvalue weighted by molar-refractivity contribution is 7.14. The topological polar surface area (TPSA) is 74.8 Å². The number of aryl methyl sites for hydroxylation is 1. The van der Waals surface area contributed by atoms with Crippen molar-refractivity contribution in [2.24, 2.45) is 5.92 Å². The van der Waals surface area contributed by atoms with E-state index >= 15 is 0 Å². The molecule has 0 aliphatic carbocycles. The molecule has 0 spiro atoms. The van der Waals surface area contributed by atoms with Gasteiger partial charge in [0, 0.05) is 42.0 Å². The van der Waals surface area contributed by atoms with Crippen LogP contribution in [0.2, 0.25) is 0 Å². The van der Waals surface area contributed by atoms with Gasteiger partial charge in [-0.25, -0.2) is 4.98 Å². The molecule has 2 amide bonds. The number of nitrogens with one attached hydrogen (secondary N) is 1. The molecule has 2 unspecified atom stereocenters. The highest BCUT2D eigenvalue weighted by atomic mass is 32.1. The van der Waals surface area contributed by atoms with E-state index in [-0.39, 0.29) is 23.8 Å². The zero-order valence-corrected chi connectivity index (χ0v) is 20.7. The third-order valence-corrected chi connectivity index (χ3v) is 8.10. The normalized spacial score (nSPS) is 21.6. The van der Waals surface area contributed by atoms with Crippen LogP contribution in [-0.2, 0) is 20.9 Å². The summed E-state index contributed by atoms with van der Waals surface area (Å²) in [5.41, 5.74) is 2.91. The molecule has 1 N–H and O–H groups in total. The lowest BCUT2D eigenvalue weighted by Crippen LogP contribution is -2.46. The van der Waals surface area contributed by atoms with E-state index in [1.165, 1.54) is 11.3 Å². The molecule has 2 aliphatic heterocycles. The van der Waals surface area contributed by atoms with Crippen LogP contribution in [0.4, 0.5) is 10.8 Å². The van der Waals surface area contributed by atoms with E-state index < -0.39 is 0 Å². The van der Waals surface area contributed by atoms with Crippen LogP contribution < -0.4 is 10.2 Å². The number of morpholine rings is 1. The van der Waals surface area contributed by atoms with Crippen LogP contribution in [0.3, 0.4) is 0 Å². The predicted octanol–water partition coefficient (Wildman–Crippen LogP) is 4.47. The van der Waals surface area contributed by atoms with Crippen LogP contribution >= 0.6 is 22.7 Å². The van der Waals surface area contributed by atoms with E-state index in [1.54, 1.807) is 11.3 Å². The van der Waals surface area contributed by atoms with Crippen LogP contribution in [0, 0.1) is 12.8 Å². The van der Waals surface area contributed by atoms with Gasteiger partial charge < -0.3 is 15.0 Å². The molecule has 2 fully saturated rings. The quantitative estimate of drug-likeness (QED) is 0.545. The number of thiazole rings is 1. The smallest absolute Gasteiger partial charge is 0.231 e. The number of benzene rings is 1. The molecular formula is C25H28N4O3S2. The second-order valence-electron chi connectivity index (χ2n) is 8.73.